The molecule has 1 atom stereocenters. The molecule has 3 heteroatoms. The third-order valence-corrected chi connectivity index (χ3v) is 7.50. The summed E-state index contributed by atoms with van der Waals surface area (Å²) in [5.41, 5.74) is 6.79. The molecule has 0 N–H and O–H groups in total. The number of hydrogen-bond acceptors (Lipinski definition) is 0. The van der Waals surface area contributed by atoms with Crippen LogP contribution in [0, 0.1) is 5.92 Å². The Balaban J connectivity index is 1.56. The van der Waals surface area contributed by atoms with Crippen LogP contribution in [-0.2, 0) is 22.2 Å². The van der Waals surface area contributed by atoms with Crippen molar-refractivity contribution in [1.82, 2.24) is 0 Å². The van der Waals surface area contributed by atoms with Crippen LogP contribution in [0.4, 0.5) is 0 Å². The summed E-state index contributed by atoms with van der Waals surface area (Å²) >= 11 is -2.01. The molecular formula is C20H15Cl2Ti. The van der Waals surface area contributed by atoms with Crippen LogP contribution in [0.1, 0.15) is 16.7 Å². The second-order valence-corrected chi connectivity index (χ2v) is 11.6. The molecule has 0 aromatic heterocycles. The van der Waals surface area contributed by atoms with Crippen molar-refractivity contribution < 1.29 is 15.7 Å². The van der Waals surface area contributed by atoms with Crippen molar-refractivity contribution in [3.05, 3.63) is 89.0 Å². The van der Waals surface area contributed by atoms with E-state index < -0.39 is 15.7 Å². The van der Waals surface area contributed by atoms with Gasteiger partial charge in [-0.1, -0.05) is 0 Å². The van der Waals surface area contributed by atoms with Crippen LogP contribution >= 0.6 is 18.6 Å². The topological polar surface area (TPSA) is 0 Å². The molecule has 2 aliphatic carbocycles. The fourth-order valence-corrected chi connectivity index (χ4v) is 4.94. The number of halogens is 2. The molecule has 2 aromatic carbocycles. The Morgan fingerprint density at radius 3 is 2.48 bits per heavy atom. The van der Waals surface area contributed by atoms with E-state index in [9.17, 15) is 0 Å². The van der Waals surface area contributed by atoms with Crippen LogP contribution in [0.5, 0.6) is 0 Å². The van der Waals surface area contributed by atoms with Gasteiger partial charge in [0.2, 0.25) is 0 Å². The van der Waals surface area contributed by atoms with E-state index in [0.717, 1.165) is 10.3 Å². The van der Waals surface area contributed by atoms with Crippen molar-refractivity contribution in [1.29, 1.82) is 0 Å². The maximum absolute atomic E-state index is 6.06. The first-order chi connectivity index (χ1) is 11.2. The molecule has 0 nitrogen and oxygen atoms in total. The van der Waals surface area contributed by atoms with Gasteiger partial charge in [-0.3, -0.25) is 0 Å². The van der Waals surface area contributed by atoms with Gasteiger partial charge in [-0.15, -0.1) is 0 Å². The zero-order chi connectivity index (χ0) is 15.8. The number of allylic oxidation sites excluding steroid dienone is 5. The summed E-state index contributed by atoms with van der Waals surface area (Å²) in [5.74, 6) is 0.405. The van der Waals surface area contributed by atoms with E-state index in [1.54, 1.807) is 0 Å². The third kappa shape index (κ3) is 3.14. The van der Waals surface area contributed by atoms with Crippen LogP contribution in [0.2, 0.25) is 0 Å². The van der Waals surface area contributed by atoms with Gasteiger partial charge < -0.3 is 0 Å². The fourth-order valence-electron chi connectivity index (χ4n) is 3.24. The Hall–Kier alpha value is -1.05. The first-order valence-corrected chi connectivity index (χ1v) is 12.8. The second kappa shape index (κ2) is 6.45. The van der Waals surface area contributed by atoms with Crippen molar-refractivity contribution in [3.8, 4) is 0 Å². The molecule has 0 radical (unpaired) electrons. The normalized spacial score (nSPS) is 18.6. The number of fused-ring (bicyclic) bond motifs is 1. The van der Waals surface area contributed by atoms with E-state index in [0.29, 0.717) is 5.92 Å². The standard InChI is InChI=1S/C20H15.2ClH.Ti/c1-2-6-15(7-3-1)18-10-11-19(12-18)20-13-16-8-4-5-9-17(16)14-20;;;/h2-13,19H,14H2;2*1H;/q;;;+2/p-2. The number of benzene rings is 2. The van der Waals surface area contributed by atoms with Crippen molar-refractivity contribution in [2.45, 2.75) is 6.42 Å². The van der Waals surface area contributed by atoms with E-state index in [2.05, 4.69) is 72.8 Å². The average Bonchev–Trinajstić information content (AvgIpc) is 3.21. The molecule has 23 heavy (non-hydrogen) atoms. The zero-order valence-electron chi connectivity index (χ0n) is 12.5. The van der Waals surface area contributed by atoms with Gasteiger partial charge in [0.25, 0.3) is 0 Å². The van der Waals surface area contributed by atoms with Crippen LogP contribution in [0.25, 0.3) is 11.6 Å². The Bertz CT molecular complexity index is 829. The van der Waals surface area contributed by atoms with Crippen molar-refractivity contribution in [2.24, 2.45) is 5.92 Å². The molecule has 0 spiro atoms. The Morgan fingerprint density at radius 1 is 0.957 bits per heavy atom. The van der Waals surface area contributed by atoms with E-state index in [1.165, 1.54) is 27.8 Å². The minimum absolute atomic E-state index is 0.405. The summed E-state index contributed by atoms with van der Waals surface area (Å²) in [4.78, 5) is 0. The Morgan fingerprint density at radius 2 is 1.74 bits per heavy atom. The van der Waals surface area contributed by atoms with Crippen LogP contribution < -0.4 is 3.87 Å². The summed E-state index contributed by atoms with van der Waals surface area (Å²) in [6.07, 6.45) is 10.3. The predicted octanol–water partition coefficient (Wildman–Crippen LogP) is 5.45. The molecule has 0 bridgehead atoms. The molecule has 1 unspecified atom stereocenters. The zero-order valence-corrected chi connectivity index (χ0v) is 15.5. The van der Waals surface area contributed by atoms with E-state index in [4.69, 9.17) is 18.6 Å². The molecule has 113 valence electrons. The third-order valence-electron chi connectivity index (χ3n) is 4.50. The van der Waals surface area contributed by atoms with Crippen LogP contribution in [0.15, 0.2) is 72.3 Å². The quantitative estimate of drug-likeness (QED) is 0.627. The SMILES string of the molecule is [Cl][Ti]([Cl])[c]1ccc(C2=CC(C3=Cc4ccccc4C3)C=C2)cc1. The first-order valence-electron chi connectivity index (χ1n) is 7.68. The summed E-state index contributed by atoms with van der Waals surface area (Å²) < 4.78 is 1.10. The Labute approximate surface area is 150 Å². The fraction of sp³-hybridized carbons (Fsp3) is 0.100. The van der Waals surface area contributed by atoms with Gasteiger partial charge in [-0.25, -0.2) is 0 Å². The summed E-state index contributed by atoms with van der Waals surface area (Å²) in [7, 11) is 12.1. The van der Waals surface area contributed by atoms with E-state index in [-0.39, 0.29) is 0 Å². The Kier molecular flexibility index (Phi) is 4.34. The molecule has 0 saturated carbocycles. The van der Waals surface area contributed by atoms with Gasteiger partial charge in [0.05, 0.1) is 0 Å². The summed E-state index contributed by atoms with van der Waals surface area (Å²) in [6.45, 7) is 0. The summed E-state index contributed by atoms with van der Waals surface area (Å²) in [5, 5.41) is 0. The van der Waals surface area contributed by atoms with Crippen LogP contribution in [0.3, 0.4) is 0 Å². The van der Waals surface area contributed by atoms with Crippen LogP contribution in [-0.4, -0.2) is 0 Å². The van der Waals surface area contributed by atoms with Gasteiger partial charge in [0, 0.05) is 0 Å². The molecule has 4 rings (SSSR count). The average molecular weight is 374 g/mol. The molecule has 2 aromatic rings. The van der Waals surface area contributed by atoms with E-state index >= 15 is 0 Å². The second-order valence-electron chi connectivity index (χ2n) is 5.94. The number of rotatable bonds is 3. The van der Waals surface area contributed by atoms with Crippen molar-refractivity contribution in [2.75, 3.05) is 0 Å². The predicted molar refractivity (Wildman–Crippen MR) is 96.5 cm³/mol. The molecule has 0 amide bonds. The minimum atomic E-state index is -2.01. The van der Waals surface area contributed by atoms with Gasteiger partial charge in [0.15, 0.2) is 0 Å². The number of hydrogen-bond donors (Lipinski definition) is 0. The molecule has 2 aliphatic rings. The first kappa shape index (κ1) is 15.5. The molecular weight excluding hydrogens is 359 g/mol. The van der Waals surface area contributed by atoms with Gasteiger partial charge in [-0.05, 0) is 0 Å². The van der Waals surface area contributed by atoms with Gasteiger partial charge >= 0.3 is 151 Å². The summed E-state index contributed by atoms with van der Waals surface area (Å²) in [6, 6.07) is 17.0. The maximum atomic E-state index is 6.06. The van der Waals surface area contributed by atoms with Gasteiger partial charge in [-0.2, -0.15) is 0 Å². The van der Waals surface area contributed by atoms with Crippen molar-refractivity contribution in [3.63, 3.8) is 0 Å². The molecule has 0 heterocycles. The van der Waals surface area contributed by atoms with E-state index in [1.807, 2.05) is 0 Å². The van der Waals surface area contributed by atoms with Gasteiger partial charge in [0.1, 0.15) is 0 Å². The monoisotopic (exact) mass is 373 g/mol. The van der Waals surface area contributed by atoms with Crippen molar-refractivity contribution >= 4 is 34.1 Å². The molecule has 0 fully saturated rings. The molecule has 0 aliphatic heterocycles. The molecule has 0 saturated heterocycles.